The van der Waals surface area contributed by atoms with Gasteiger partial charge in [-0.15, -0.1) is 0 Å². The van der Waals surface area contributed by atoms with E-state index >= 15 is 0 Å². The molecule has 0 atom stereocenters. The van der Waals surface area contributed by atoms with E-state index in [1.165, 1.54) is 19.2 Å². The molecule has 2 rings (SSSR count). The highest BCUT2D eigenvalue weighted by Crippen LogP contribution is 2.26. The molecule has 20 heavy (non-hydrogen) atoms. The first-order chi connectivity index (χ1) is 9.51. The molecule has 2 N–H and O–H groups in total. The van der Waals surface area contributed by atoms with Gasteiger partial charge in [0.2, 0.25) is 0 Å². The molecule has 4 nitrogen and oxygen atoms in total. The van der Waals surface area contributed by atoms with Crippen molar-refractivity contribution in [1.82, 2.24) is 0 Å². The lowest BCUT2D eigenvalue weighted by molar-refractivity contribution is 0.102. The number of carbonyl (C=O) groups excluding carboxylic acids is 1. The number of phenolic OH excluding ortho intramolecular Hbond substituents is 1. The maximum absolute atomic E-state index is 13.2. The van der Waals surface area contributed by atoms with Gasteiger partial charge in [-0.25, -0.2) is 4.39 Å². The van der Waals surface area contributed by atoms with Gasteiger partial charge in [0.25, 0.3) is 5.91 Å². The van der Waals surface area contributed by atoms with E-state index in [1.54, 1.807) is 18.2 Å². The van der Waals surface area contributed by atoms with Crippen LogP contribution in [0.1, 0.15) is 10.4 Å². The standard InChI is InChI=1S/C14H11BrFNO3/c1-20-13-5-2-8(6-10(13)15)14(19)17-9-3-4-12(18)11(16)7-9/h2-7,18H,1H3,(H,17,19). The van der Waals surface area contributed by atoms with Crippen molar-refractivity contribution in [1.29, 1.82) is 0 Å². The summed E-state index contributed by atoms with van der Waals surface area (Å²) in [4.78, 5) is 12.0. The Bertz CT molecular complexity index is 661. The highest BCUT2D eigenvalue weighted by Gasteiger charge is 2.10. The predicted octanol–water partition coefficient (Wildman–Crippen LogP) is 3.55. The molecule has 2 aromatic rings. The Morgan fingerprint density at radius 3 is 2.65 bits per heavy atom. The van der Waals surface area contributed by atoms with Gasteiger partial charge in [-0.1, -0.05) is 0 Å². The van der Waals surface area contributed by atoms with E-state index in [2.05, 4.69) is 21.2 Å². The number of hydrogen-bond donors (Lipinski definition) is 2. The van der Waals surface area contributed by atoms with Crippen molar-refractivity contribution in [2.45, 2.75) is 0 Å². The molecule has 1 amide bonds. The number of amides is 1. The van der Waals surface area contributed by atoms with Gasteiger partial charge in [0.1, 0.15) is 5.75 Å². The lowest BCUT2D eigenvalue weighted by Crippen LogP contribution is -2.12. The number of nitrogens with one attached hydrogen (secondary N) is 1. The average molecular weight is 340 g/mol. The Hall–Kier alpha value is -2.08. The number of carbonyl (C=O) groups is 1. The Balaban J connectivity index is 2.19. The molecular formula is C14H11BrFNO3. The van der Waals surface area contributed by atoms with Crippen LogP contribution in [-0.2, 0) is 0 Å². The fraction of sp³-hybridized carbons (Fsp3) is 0.0714. The summed E-state index contributed by atoms with van der Waals surface area (Å²) in [6.07, 6.45) is 0. The summed E-state index contributed by atoms with van der Waals surface area (Å²) in [5, 5.41) is 11.6. The number of anilines is 1. The molecule has 0 bridgehead atoms. The zero-order chi connectivity index (χ0) is 14.7. The Morgan fingerprint density at radius 1 is 1.30 bits per heavy atom. The minimum Gasteiger partial charge on any atom is -0.505 e. The normalized spacial score (nSPS) is 10.2. The zero-order valence-electron chi connectivity index (χ0n) is 10.5. The van der Waals surface area contributed by atoms with Crippen molar-refractivity contribution >= 4 is 27.5 Å². The molecule has 0 aromatic heterocycles. The first kappa shape index (κ1) is 14.3. The quantitative estimate of drug-likeness (QED) is 0.840. The molecule has 0 fully saturated rings. The maximum Gasteiger partial charge on any atom is 0.255 e. The zero-order valence-corrected chi connectivity index (χ0v) is 12.1. The van der Waals surface area contributed by atoms with Gasteiger partial charge in [-0.2, -0.15) is 0 Å². The summed E-state index contributed by atoms with van der Waals surface area (Å²) in [6.45, 7) is 0. The molecule has 0 heterocycles. The molecular weight excluding hydrogens is 329 g/mol. The van der Waals surface area contributed by atoms with Crippen LogP contribution in [0.5, 0.6) is 11.5 Å². The number of hydrogen-bond acceptors (Lipinski definition) is 3. The molecule has 0 aliphatic carbocycles. The van der Waals surface area contributed by atoms with Gasteiger partial charge in [-0.05, 0) is 46.3 Å². The maximum atomic E-state index is 13.2. The second kappa shape index (κ2) is 5.92. The van der Waals surface area contributed by atoms with Gasteiger partial charge in [0.05, 0.1) is 11.6 Å². The number of ether oxygens (including phenoxy) is 1. The van der Waals surface area contributed by atoms with Crippen LogP contribution < -0.4 is 10.1 Å². The van der Waals surface area contributed by atoms with E-state index in [0.29, 0.717) is 15.8 Å². The van der Waals surface area contributed by atoms with E-state index in [4.69, 9.17) is 9.84 Å². The van der Waals surface area contributed by atoms with Crippen LogP contribution in [0.3, 0.4) is 0 Å². The summed E-state index contributed by atoms with van der Waals surface area (Å²) in [5.74, 6) is -1.04. The summed E-state index contributed by atoms with van der Waals surface area (Å²) in [5.41, 5.74) is 0.656. The van der Waals surface area contributed by atoms with Crippen molar-refractivity contribution in [3.63, 3.8) is 0 Å². The number of phenols is 1. The fourth-order valence-electron chi connectivity index (χ4n) is 1.60. The third kappa shape index (κ3) is 3.08. The van der Waals surface area contributed by atoms with Crippen LogP contribution in [0.25, 0.3) is 0 Å². The molecule has 104 valence electrons. The first-order valence-corrected chi connectivity index (χ1v) is 6.44. The van der Waals surface area contributed by atoms with Gasteiger partial charge in [0, 0.05) is 17.3 Å². The molecule has 0 radical (unpaired) electrons. The SMILES string of the molecule is COc1ccc(C(=O)Nc2ccc(O)c(F)c2)cc1Br. The Morgan fingerprint density at radius 2 is 2.05 bits per heavy atom. The molecule has 0 aliphatic rings. The topological polar surface area (TPSA) is 58.6 Å². The number of benzene rings is 2. The molecule has 6 heteroatoms. The van der Waals surface area contributed by atoms with Crippen LogP contribution >= 0.6 is 15.9 Å². The Kier molecular flexibility index (Phi) is 4.24. The fourth-order valence-corrected chi connectivity index (χ4v) is 2.14. The molecule has 0 saturated heterocycles. The van der Waals surface area contributed by atoms with E-state index in [9.17, 15) is 9.18 Å². The summed E-state index contributed by atoms with van der Waals surface area (Å²) < 4.78 is 18.9. The minimum atomic E-state index is -0.793. The number of methoxy groups -OCH3 is 1. The highest BCUT2D eigenvalue weighted by atomic mass is 79.9. The third-order valence-electron chi connectivity index (χ3n) is 2.62. The average Bonchev–Trinajstić information content (AvgIpc) is 2.42. The third-order valence-corrected chi connectivity index (χ3v) is 3.24. The lowest BCUT2D eigenvalue weighted by Gasteiger charge is -2.08. The van der Waals surface area contributed by atoms with Crippen molar-refractivity contribution in [2.24, 2.45) is 0 Å². The van der Waals surface area contributed by atoms with Crippen LogP contribution in [-0.4, -0.2) is 18.1 Å². The van der Waals surface area contributed by atoms with Crippen LogP contribution in [0.4, 0.5) is 10.1 Å². The molecule has 0 unspecified atom stereocenters. The highest BCUT2D eigenvalue weighted by molar-refractivity contribution is 9.10. The van der Waals surface area contributed by atoms with Crippen LogP contribution in [0.2, 0.25) is 0 Å². The number of aromatic hydroxyl groups is 1. The molecule has 0 spiro atoms. The monoisotopic (exact) mass is 339 g/mol. The van der Waals surface area contributed by atoms with E-state index in [0.717, 1.165) is 6.07 Å². The van der Waals surface area contributed by atoms with Gasteiger partial charge >= 0.3 is 0 Å². The minimum absolute atomic E-state index is 0.261. The van der Waals surface area contributed by atoms with E-state index in [1.807, 2.05) is 0 Å². The number of halogens is 2. The summed E-state index contributed by atoms with van der Waals surface area (Å²) in [6, 6.07) is 8.48. The number of rotatable bonds is 3. The lowest BCUT2D eigenvalue weighted by atomic mass is 10.2. The first-order valence-electron chi connectivity index (χ1n) is 5.64. The van der Waals surface area contributed by atoms with Crippen molar-refractivity contribution in [3.05, 3.63) is 52.3 Å². The van der Waals surface area contributed by atoms with E-state index < -0.39 is 17.5 Å². The van der Waals surface area contributed by atoms with Crippen LogP contribution in [0, 0.1) is 5.82 Å². The van der Waals surface area contributed by atoms with Crippen LogP contribution in [0.15, 0.2) is 40.9 Å². The van der Waals surface area contributed by atoms with Crippen molar-refractivity contribution in [3.8, 4) is 11.5 Å². The van der Waals surface area contributed by atoms with Gasteiger partial charge in [-0.3, -0.25) is 4.79 Å². The van der Waals surface area contributed by atoms with Gasteiger partial charge in [0.15, 0.2) is 11.6 Å². The smallest absolute Gasteiger partial charge is 0.255 e. The van der Waals surface area contributed by atoms with Crippen molar-refractivity contribution < 1.29 is 19.0 Å². The predicted molar refractivity (Wildman–Crippen MR) is 76.7 cm³/mol. The summed E-state index contributed by atoms with van der Waals surface area (Å²) >= 11 is 3.28. The Labute approximate surface area is 123 Å². The van der Waals surface area contributed by atoms with Crippen molar-refractivity contribution in [2.75, 3.05) is 12.4 Å². The second-order valence-corrected chi connectivity index (χ2v) is 4.82. The molecule has 0 saturated carbocycles. The largest absolute Gasteiger partial charge is 0.505 e. The summed E-state index contributed by atoms with van der Waals surface area (Å²) in [7, 11) is 1.53. The van der Waals surface area contributed by atoms with Gasteiger partial charge < -0.3 is 15.2 Å². The molecule has 0 aliphatic heterocycles. The molecule has 2 aromatic carbocycles. The second-order valence-electron chi connectivity index (χ2n) is 3.97. The van der Waals surface area contributed by atoms with E-state index in [-0.39, 0.29) is 5.69 Å².